The number of halogens is 6. The first kappa shape index (κ1) is 15.5. The third-order valence-corrected chi connectivity index (χ3v) is 3.59. The SMILES string of the molecule is N#Cc1nn(-c2c(F)cc(C(F)(F)F)cc2F)c(N)c1I. The molecule has 10 heteroatoms. The number of aromatic nitrogens is 2. The Balaban J connectivity index is 2.70. The van der Waals surface area contributed by atoms with Gasteiger partial charge in [0.2, 0.25) is 0 Å². The Morgan fingerprint density at radius 1 is 1.24 bits per heavy atom. The van der Waals surface area contributed by atoms with E-state index in [0.717, 1.165) is 0 Å². The molecule has 0 unspecified atom stereocenters. The van der Waals surface area contributed by atoms with Gasteiger partial charge >= 0.3 is 6.18 Å². The van der Waals surface area contributed by atoms with E-state index in [-0.39, 0.29) is 27.2 Å². The number of hydrogen-bond donors (Lipinski definition) is 1. The van der Waals surface area contributed by atoms with Gasteiger partial charge in [0.25, 0.3) is 0 Å². The van der Waals surface area contributed by atoms with E-state index in [9.17, 15) is 22.0 Å². The Bertz CT molecular complexity index is 736. The maximum Gasteiger partial charge on any atom is 0.416 e. The fraction of sp³-hybridized carbons (Fsp3) is 0.0909. The number of anilines is 1. The van der Waals surface area contributed by atoms with Gasteiger partial charge in [-0.1, -0.05) is 0 Å². The zero-order chi connectivity index (χ0) is 15.9. The summed E-state index contributed by atoms with van der Waals surface area (Å²) in [5.74, 6) is -3.22. The highest BCUT2D eigenvalue weighted by molar-refractivity contribution is 14.1. The normalized spacial score (nSPS) is 11.5. The Morgan fingerprint density at radius 3 is 2.14 bits per heavy atom. The summed E-state index contributed by atoms with van der Waals surface area (Å²) in [6.45, 7) is 0. The molecule has 2 aromatic rings. The van der Waals surface area contributed by atoms with E-state index in [2.05, 4.69) is 5.10 Å². The number of rotatable bonds is 1. The van der Waals surface area contributed by atoms with Crippen molar-refractivity contribution in [3.05, 3.63) is 38.6 Å². The van der Waals surface area contributed by atoms with Crippen molar-refractivity contribution in [2.45, 2.75) is 6.18 Å². The molecule has 0 spiro atoms. The van der Waals surface area contributed by atoms with Gasteiger partial charge in [0.15, 0.2) is 17.3 Å². The summed E-state index contributed by atoms with van der Waals surface area (Å²) >= 11 is 1.64. The summed E-state index contributed by atoms with van der Waals surface area (Å²) in [5, 5.41) is 12.3. The molecule has 0 bridgehead atoms. The summed E-state index contributed by atoms with van der Waals surface area (Å²) < 4.78 is 65.7. The maximum absolute atomic E-state index is 13.8. The largest absolute Gasteiger partial charge is 0.416 e. The number of alkyl halides is 3. The first-order valence-electron chi connectivity index (χ1n) is 5.17. The lowest BCUT2D eigenvalue weighted by Gasteiger charge is -2.11. The van der Waals surface area contributed by atoms with Crippen LogP contribution in [0.4, 0.5) is 27.8 Å². The van der Waals surface area contributed by atoms with Gasteiger partial charge in [-0.15, -0.1) is 0 Å². The number of hydrogen-bond acceptors (Lipinski definition) is 3. The Morgan fingerprint density at radius 2 is 1.76 bits per heavy atom. The van der Waals surface area contributed by atoms with Crippen molar-refractivity contribution in [3.8, 4) is 11.8 Å². The van der Waals surface area contributed by atoms with Crippen LogP contribution in [0.3, 0.4) is 0 Å². The number of nitrogen functional groups attached to an aromatic ring is 1. The third-order valence-electron chi connectivity index (χ3n) is 2.52. The van der Waals surface area contributed by atoms with E-state index in [1.807, 2.05) is 0 Å². The molecule has 0 saturated carbocycles. The van der Waals surface area contributed by atoms with E-state index < -0.39 is 29.1 Å². The molecule has 21 heavy (non-hydrogen) atoms. The van der Waals surface area contributed by atoms with E-state index in [0.29, 0.717) is 4.68 Å². The molecular weight excluding hydrogens is 410 g/mol. The van der Waals surface area contributed by atoms with Crippen molar-refractivity contribution in [2.24, 2.45) is 0 Å². The quantitative estimate of drug-likeness (QED) is 0.576. The van der Waals surface area contributed by atoms with Crippen molar-refractivity contribution < 1.29 is 22.0 Å². The molecule has 0 saturated heterocycles. The van der Waals surface area contributed by atoms with Gasteiger partial charge in [-0.2, -0.15) is 23.5 Å². The van der Waals surface area contributed by atoms with E-state index in [1.54, 1.807) is 28.7 Å². The average molecular weight is 414 g/mol. The zero-order valence-electron chi connectivity index (χ0n) is 9.84. The lowest BCUT2D eigenvalue weighted by molar-refractivity contribution is -0.138. The smallest absolute Gasteiger partial charge is 0.383 e. The predicted molar refractivity (Wildman–Crippen MR) is 70.3 cm³/mol. The highest BCUT2D eigenvalue weighted by atomic mass is 127. The first-order chi connectivity index (χ1) is 9.66. The van der Waals surface area contributed by atoms with Crippen LogP contribution in [0.2, 0.25) is 0 Å². The van der Waals surface area contributed by atoms with Crippen LogP contribution in [0.1, 0.15) is 11.3 Å². The molecule has 1 aromatic heterocycles. The molecule has 2 N–H and O–H groups in total. The lowest BCUT2D eigenvalue weighted by atomic mass is 10.2. The molecule has 110 valence electrons. The molecule has 0 aliphatic rings. The fourth-order valence-corrected chi connectivity index (χ4v) is 2.04. The van der Waals surface area contributed by atoms with Crippen LogP contribution in [-0.2, 0) is 6.18 Å². The third kappa shape index (κ3) is 2.65. The first-order valence-corrected chi connectivity index (χ1v) is 6.25. The Kier molecular flexibility index (Phi) is 3.79. The van der Waals surface area contributed by atoms with Crippen LogP contribution in [0.25, 0.3) is 5.69 Å². The van der Waals surface area contributed by atoms with Gasteiger partial charge in [0.1, 0.15) is 17.6 Å². The molecule has 4 nitrogen and oxygen atoms in total. The van der Waals surface area contributed by atoms with Gasteiger partial charge in [0.05, 0.1) is 9.13 Å². The van der Waals surface area contributed by atoms with Crippen LogP contribution in [0.5, 0.6) is 0 Å². The van der Waals surface area contributed by atoms with Gasteiger partial charge < -0.3 is 5.73 Å². The number of nitrogens with two attached hydrogens (primary N) is 1. The van der Waals surface area contributed by atoms with Crippen LogP contribution < -0.4 is 5.73 Å². The lowest BCUT2D eigenvalue weighted by Crippen LogP contribution is -2.11. The monoisotopic (exact) mass is 414 g/mol. The van der Waals surface area contributed by atoms with Crippen molar-refractivity contribution in [3.63, 3.8) is 0 Å². The second kappa shape index (κ2) is 5.14. The van der Waals surface area contributed by atoms with E-state index >= 15 is 0 Å². The molecule has 0 atom stereocenters. The summed E-state index contributed by atoms with van der Waals surface area (Å²) in [5.41, 5.74) is 3.03. The van der Waals surface area contributed by atoms with Crippen LogP contribution >= 0.6 is 22.6 Å². The Labute approximate surface area is 128 Å². The molecule has 0 aliphatic carbocycles. The topological polar surface area (TPSA) is 67.6 Å². The molecule has 0 aliphatic heterocycles. The minimum absolute atomic E-state index is 0.137. The van der Waals surface area contributed by atoms with E-state index in [4.69, 9.17) is 11.0 Å². The number of benzene rings is 1. The predicted octanol–water partition coefficient (Wildman–Crippen LogP) is 3.23. The Hall–Kier alpha value is -1.90. The molecule has 2 rings (SSSR count). The second-order valence-electron chi connectivity index (χ2n) is 3.86. The van der Waals surface area contributed by atoms with Crippen LogP contribution in [0.15, 0.2) is 12.1 Å². The minimum Gasteiger partial charge on any atom is -0.383 e. The molecule has 0 fully saturated rings. The van der Waals surface area contributed by atoms with Gasteiger partial charge in [-0.3, -0.25) is 0 Å². The molecule has 1 aromatic carbocycles. The summed E-state index contributed by atoms with van der Waals surface area (Å²) in [6, 6.07) is 1.93. The molecule has 1 heterocycles. The van der Waals surface area contributed by atoms with Gasteiger partial charge in [0, 0.05) is 0 Å². The highest BCUT2D eigenvalue weighted by Crippen LogP contribution is 2.33. The van der Waals surface area contributed by atoms with Crippen LogP contribution in [0, 0.1) is 26.5 Å². The van der Waals surface area contributed by atoms with E-state index in [1.165, 1.54) is 0 Å². The number of nitrogens with zero attached hydrogens (tertiary/aromatic N) is 3. The molecule has 0 radical (unpaired) electrons. The zero-order valence-corrected chi connectivity index (χ0v) is 12.0. The number of nitriles is 1. The molecule has 0 amide bonds. The second-order valence-corrected chi connectivity index (χ2v) is 4.94. The van der Waals surface area contributed by atoms with Gasteiger partial charge in [-0.05, 0) is 34.7 Å². The van der Waals surface area contributed by atoms with Crippen molar-refractivity contribution in [2.75, 3.05) is 5.73 Å². The summed E-state index contributed by atoms with van der Waals surface area (Å²) in [7, 11) is 0. The summed E-state index contributed by atoms with van der Waals surface area (Å²) in [4.78, 5) is 0. The maximum atomic E-state index is 13.8. The van der Waals surface area contributed by atoms with Crippen molar-refractivity contribution in [1.82, 2.24) is 9.78 Å². The average Bonchev–Trinajstić information content (AvgIpc) is 2.65. The van der Waals surface area contributed by atoms with Gasteiger partial charge in [-0.25, -0.2) is 13.5 Å². The highest BCUT2D eigenvalue weighted by Gasteiger charge is 2.33. The molecular formula is C11H4F5IN4. The van der Waals surface area contributed by atoms with Crippen molar-refractivity contribution >= 4 is 28.4 Å². The fourth-order valence-electron chi connectivity index (χ4n) is 1.59. The van der Waals surface area contributed by atoms with Crippen molar-refractivity contribution in [1.29, 1.82) is 5.26 Å². The summed E-state index contributed by atoms with van der Waals surface area (Å²) in [6.07, 6.45) is -4.89. The van der Waals surface area contributed by atoms with Crippen LogP contribution in [-0.4, -0.2) is 9.78 Å². The minimum atomic E-state index is -4.89. The standard InChI is InChI=1S/C11H4F5IN4/c12-5-1-4(11(14,15)16)2-6(13)9(5)21-10(19)8(17)7(3-18)20-21/h1-2H,19H2.